The van der Waals surface area contributed by atoms with E-state index in [1.165, 1.54) is 38.0 Å². The van der Waals surface area contributed by atoms with Gasteiger partial charge < -0.3 is 15.4 Å². The fourth-order valence-electron chi connectivity index (χ4n) is 3.74. The Bertz CT molecular complexity index is 580. The van der Waals surface area contributed by atoms with Gasteiger partial charge in [-0.25, -0.2) is 0 Å². The highest BCUT2D eigenvalue weighted by molar-refractivity contribution is 6.34. The number of carbonyl (C=O) groups is 1. The van der Waals surface area contributed by atoms with Gasteiger partial charge in [0, 0.05) is 6.54 Å². The van der Waals surface area contributed by atoms with Crippen molar-refractivity contribution in [2.75, 3.05) is 19.6 Å². The number of amides is 1. The molecule has 1 amide bonds. The molecule has 1 aromatic rings. The van der Waals surface area contributed by atoms with Crippen LogP contribution in [0.2, 0.25) is 5.02 Å². The van der Waals surface area contributed by atoms with Gasteiger partial charge in [-0.15, -0.1) is 0 Å². The second-order valence-electron chi connectivity index (χ2n) is 7.41. The molecule has 1 aliphatic heterocycles. The summed E-state index contributed by atoms with van der Waals surface area (Å²) in [6.45, 7) is 2.64. The van der Waals surface area contributed by atoms with Crippen LogP contribution in [-0.4, -0.2) is 31.6 Å². The van der Waals surface area contributed by atoms with Crippen molar-refractivity contribution in [3.8, 4) is 5.75 Å². The lowest BCUT2D eigenvalue weighted by Gasteiger charge is -2.24. The summed E-state index contributed by atoms with van der Waals surface area (Å²) in [6.07, 6.45) is 10.9. The van der Waals surface area contributed by atoms with Crippen LogP contribution in [0.5, 0.6) is 5.75 Å². The van der Waals surface area contributed by atoms with E-state index in [1.807, 2.05) is 6.07 Å². The van der Waals surface area contributed by atoms with Crippen LogP contribution >= 0.6 is 11.6 Å². The number of rotatable bonds is 5. The molecule has 1 aliphatic carbocycles. The van der Waals surface area contributed by atoms with Crippen molar-refractivity contribution in [3.05, 3.63) is 49.6 Å². The average molecular weight is 406 g/mol. The minimum absolute atomic E-state index is 0. The highest BCUT2D eigenvalue weighted by Gasteiger charge is 2.18. The summed E-state index contributed by atoms with van der Waals surface area (Å²) < 4.78 is 5.99. The molecule has 1 heterocycles. The van der Waals surface area contributed by atoms with Crippen molar-refractivity contribution in [3.63, 3.8) is 0 Å². The zero-order valence-corrected chi connectivity index (χ0v) is 17.7. The molecule has 2 aliphatic rings. The van der Waals surface area contributed by atoms with Crippen molar-refractivity contribution >= 4 is 17.5 Å². The predicted octanol–water partition coefficient (Wildman–Crippen LogP) is 5.17. The van der Waals surface area contributed by atoms with Gasteiger partial charge in [0.05, 0.1) is 10.6 Å². The van der Waals surface area contributed by atoms with Gasteiger partial charge in [0.15, 0.2) is 0 Å². The molecule has 28 heavy (non-hydrogen) atoms. The van der Waals surface area contributed by atoms with Gasteiger partial charge in [-0.2, -0.15) is 0 Å². The lowest BCUT2D eigenvalue weighted by Crippen LogP contribution is -2.34. The number of ether oxygens (including phenoxy) is 1. The number of hydrogen-bond acceptors (Lipinski definition) is 3. The van der Waals surface area contributed by atoms with Crippen LogP contribution in [0.3, 0.4) is 0 Å². The van der Waals surface area contributed by atoms with E-state index in [0.29, 0.717) is 17.1 Å². The van der Waals surface area contributed by atoms with Gasteiger partial charge in [0.2, 0.25) is 0 Å². The largest absolute Gasteiger partial charge is 0.490 e. The van der Waals surface area contributed by atoms with Gasteiger partial charge in [-0.05, 0) is 62.9 Å². The lowest BCUT2D eigenvalue weighted by molar-refractivity contribution is 0.0954. The minimum Gasteiger partial charge on any atom is -0.490 e. The van der Waals surface area contributed by atoms with Gasteiger partial charge in [-0.3, -0.25) is 4.79 Å². The van der Waals surface area contributed by atoms with Crippen LogP contribution in [0.25, 0.3) is 0 Å². The molecule has 0 bridgehead atoms. The zero-order chi connectivity index (χ0) is 18.2. The third-order valence-electron chi connectivity index (χ3n) is 5.33. The van der Waals surface area contributed by atoms with E-state index >= 15 is 0 Å². The van der Waals surface area contributed by atoms with Crippen molar-refractivity contribution in [2.24, 2.45) is 0 Å². The summed E-state index contributed by atoms with van der Waals surface area (Å²) in [6, 6.07) is 5.39. The minimum atomic E-state index is -0.0991. The van der Waals surface area contributed by atoms with Crippen molar-refractivity contribution < 1.29 is 9.53 Å². The molecule has 155 valence electrons. The maximum atomic E-state index is 12.5. The molecule has 2 N–H and O–H groups in total. The lowest BCUT2D eigenvalue weighted by atomic mass is 9.91. The van der Waals surface area contributed by atoms with Crippen LogP contribution in [0, 0.1) is 20.8 Å². The number of carbonyl (C=O) groups excluding carboxylic acids is 1. The molecule has 5 heteroatoms. The van der Waals surface area contributed by atoms with E-state index in [2.05, 4.69) is 10.6 Å². The average Bonchev–Trinajstić information content (AvgIpc) is 2.61. The maximum Gasteiger partial charge on any atom is 0.252 e. The Kier molecular flexibility index (Phi) is 11.6. The maximum absolute atomic E-state index is 12.5. The molecule has 0 unspecified atom stereocenters. The summed E-state index contributed by atoms with van der Waals surface area (Å²) in [5, 5.41) is 6.83. The first-order chi connectivity index (χ1) is 12.7. The molecule has 0 spiro atoms. The fraction of sp³-hybridized carbons (Fsp3) is 0.565. The van der Waals surface area contributed by atoms with Crippen molar-refractivity contribution in [1.29, 1.82) is 0 Å². The Morgan fingerprint density at radius 2 is 1.71 bits per heavy atom. The standard InChI is InChI=1S/C21H30ClN2O2.2CH2/c22-20-14-18(26-17-10-12-23-13-11-17)8-9-19(20)21(25)24-15-16-6-4-2-1-3-5-7-16;;/h8-9,14,17,23H,1-7,10-13,15H2,(H,24,25);2*1H2. The van der Waals surface area contributed by atoms with E-state index in [-0.39, 0.29) is 26.9 Å². The molecule has 5 radical (unpaired) electrons. The highest BCUT2D eigenvalue weighted by Crippen LogP contribution is 2.26. The number of halogens is 1. The molecule has 0 atom stereocenters. The van der Waals surface area contributed by atoms with Crippen LogP contribution in [0.15, 0.2) is 18.2 Å². The van der Waals surface area contributed by atoms with E-state index in [1.54, 1.807) is 12.1 Å². The Balaban J connectivity index is 0.00000196. The first-order valence-corrected chi connectivity index (χ1v) is 10.4. The normalized spacial score (nSPS) is 18.8. The predicted molar refractivity (Wildman–Crippen MR) is 117 cm³/mol. The van der Waals surface area contributed by atoms with E-state index < -0.39 is 0 Å². The molecule has 1 aromatic carbocycles. The number of hydrogen-bond donors (Lipinski definition) is 2. The molecule has 1 saturated heterocycles. The van der Waals surface area contributed by atoms with E-state index in [9.17, 15) is 4.79 Å². The Hall–Kier alpha value is -1.26. The topological polar surface area (TPSA) is 50.4 Å². The molecular formula is C23H34ClN2O2. The fourth-order valence-corrected chi connectivity index (χ4v) is 4.00. The van der Waals surface area contributed by atoms with Crippen LogP contribution in [-0.2, 0) is 0 Å². The molecular weight excluding hydrogens is 372 g/mol. The molecule has 4 nitrogen and oxygen atoms in total. The number of benzene rings is 1. The van der Waals surface area contributed by atoms with Crippen LogP contribution in [0.4, 0.5) is 0 Å². The molecule has 0 aromatic heterocycles. The van der Waals surface area contributed by atoms with Gasteiger partial charge in [0.25, 0.3) is 5.91 Å². The summed E-state index contributed by atoms with van der Waals surface area (Å²) in [5.41, 5.74) is 0.524. The first-order valence-electron chi connectivity index (χ1n) is 10.0. The van der Waals surface area contributed by atoms with Gasteiger partial charge in [-0.1, -0.05) is 58.6 Å². The first kappa shape index (κ1) is 24.8. The monoisotopic (exact) mass is 405 g/mol. The quantitative estimate of drug-likeness (QED) is 0.710. The van der Waals surface area contributed by atoms with Crippen LogP contribution in [0.1, 0.15) is 68.1 Å². The Morgan fingerprint density at radius 3 is 2.36 bits per heavy atom. The summed E-state index contributed by atoms with van der Waals surface area (Å²) in [5.74, 6) is 2.10. The number of piperidine rings is 1. The Labute approximate surface area is 176 Å². The van der Waals surface area contributed by atoms with Crippen molar-refractivity contribution in [2.45, 2.75) is 63.9 Å². The van der Waals surface area contributed by atoms with Gasteiger partial charge >= 0.3 is 0 Å². The Morgan fingerprint density at radius 1 is 1.07 bits per heavy atom. The second-order valence-corrected chi connectivity index (χ2v) is 7.82. The van der Waals surface area contributed by atoms with Gasteiger partial charge in [0.1, 0.15) is 11.9 Å². The van der Waals surface area contributed by atoms with E-state index in [0.717, 1.165) is 44.5 Å². The number of nitrogens with one attached hydrogen (secondary N) is 2. The smallest absolute Gasteiger partial charge is 0.252 e. The molecule has 3 rings (SSSR count). The summed E-state index contributed by atoms with van der Waals surface area (Å²) >= 11 is 6.35. The molecule has 2 fully saturated rings. The zero-order valence-electron chi connectivity index (χ0n) is 16.9. The van der Waals surface area contributed by atoms with E-state index in [4.69, 9.17) is 16.3 Å². The van der Waals surface area contributed by atoms with Crippen LogP contribution < -0.4 is 15.4 Å². The third-order valence-corrected chi connectivity index (χ3v) is 5.65. The summed E-state index contributed by atoms with van der Waals surface area (Å²) in [7, 11) is 0. The molecule has 1 saturated carbocycles. The summed E-state index contributed by atoms with van der Waals surface area (Å²) in [4.78, 5) is 12.5. The highest BCUT2D eigenvalue weighted by atomic mass is 35.5. The van der Waals surface area contributed by atoms with Crippen molar-refractivity contribution in [1.82, 2.24) is 10.6 Å². The third kappa shape index (κ3) is 7.63. The SMILES string of the molecule is O=C(NC[C]1CCCCCCC1)c1ccc(OC2CCNCC2)cc1Cl.[CH2].[CH2]. The second kappa shape index (κ2) is 13.1.